The Kier molecular flexibility index (Phi) is 3.02. The van der Waals surface area contributed by atoms with Crippen LogP contribution in [0.2, 0.25) is 0 Å². The van der Waals surface area contributed by atoms with Crippen LogP contribution in [0.25, 0.3) is 0 Å². The molecule has 1 aromatic rings. The normalized spacial score (nSPS) is 24.1. The van der Waals surface area contributed by atoms with Crippen molar-refractivity contribution in [3.63, 3.8) is 0 Å². The van der Waals surface area contributed by atoms with Crippen LogP contribution in [0.4, 0.5) is 4.39 Å². The van der Waals surface area contributed by atoms with Crippen molar-refractivity contribution in [2.45, 2.75) is 33.2 Å². The molecule has 0 bridgehead atoms. The zero-order valence-electron chi connectivity index (χ0n) is 10.3. The van der Waals surface area contributed by atoms with Gasteiger partial charge in [0.25, 0.3) is 0 Å². The Morgan fingerprint density at radius 2 is 1.94 bits per heavy atom. The van der Waals surface area contributed by atoms with Crippen molar-refractivity contribution in [3.8, 4) is 0 Å². The number of nitrogens with one attached hydrogen (secondary N) is 1. The predicted molar refractivity (Wildman–Crippen MR) is 64.7 cm³/mol. The SMILES string of the molecule is CCNC(c1ccc(F)cc1)C1CC1(C)C. The molecule has 1 aromatic carbocycles. The molecule has 0 saturated heterocycles. The first-order valence-corrected chi connectivity index (χ1v) is 6.03. The third-order valence-electron chi connectivity index (χ3n) is 3.65. The highest BCUT2D eigenvalue weighted by atomic mass is 19.1. The molecule has 0 spiro atoms. The topological polar surface area (TPSA) is 12.0 Å². The quantitative estimate of drug-likeness (QED) is 0.820. The van der Waals surface area contributed by atoms with E-state index in [1.165, 1.54) is 12.0 Å². The van der Waals surface area contributed by atoms with Crippen molar-refractivity contribution in [1.29, 1.82) is 0 Å². The Hall–Kier alpha value is -0.890. The van der Waals surface area contributed by atoms with Crippen LogP contribution in [0.3, 0.4) is 0 Å². The van der Waals surface area contributed by atoms with E-state index in [1.807, 2.05) is 12.1 Å². The average Bonchev–Trinajstić information content (AvgIpc) is 2.86. The summed E-state index contributed by atoms with van der Waals surface area (Å²) in [5.41, 5.74) is 1.64. The Labute approximate surface area is 97.1 Å². The fourth-order valence-electron chi connectivity index (χ4n) is 2.46. The molecule has 0 heterocycles. The van der Waals surface area contributed by atoms with E-state index in [1.54, 1.807) is 12.1 Å². The smallest absolute Gasteiger partial charge is 0.123 e. The lowest BCUT2D eigenvalue weighted by Gasteiger charge is -2.20. The largest absolute Gasteiger partial charge is 0.310 e. The standard InChI is InChI=1S/C14H20FN/c1-4-16-13(12-9-14(12,2)3)10-5-7-11(15)8-6-10/h5-8,12-13,16H,4,9H2,1-3H3. The predicted octanol–water partition coefficient (Wildman–Crippen LogP) is 3.52. The number of rotatable bonds is 4. The highest BCUT2D eigenvalue weighted by Crippen LogP contribution is 2.57. The summed E-state index contributed by atoms with van der Waals surface area (Å²) in [4.78, 5) is 0. The van der Waals surface area contributed by atoms with Crippen molar-refractivity contribution in [2.75, 3.05) is 6.54 Å². The maximum Gasteiger partial charge on any atom is 0.123 e. The lowest BCUT2D eigenvalue weighted by atomic mass is 9.97. The summed E-state index contributed by atoms with van der Waals surface area (Å²) < 4.78 is 12.9. The highest BCUT2D eigenvalue weighted by molar-refractivity contribution is 5.23. The first-order valence-electron chi connectivity index (χ1n) is 6.03. The zero-order valence-corrected chi connectivity index (χ0v) is 10.3. The summed E-state index contributed by atoms with van der Waals surface area (Å²) in [7, 11) is 0. The number of hydrogen-bond acceptors (Lipinski definition) is 1. The summed E-state index contributed by atoms with van der Waals surface area (Å²) in [6.45, 7) is 7.66. The van der Waals surface area contributed by atoms with Crippen LogP contribution < -0.4 is 5.32 Å². The Morgan fingerprint density at radius 1 is 1.38 bits per heavy atom. The van der Waals surface area contributed by atoms with Crippen molar-refractivity contribution in [2.24, 2.45) is 11.3 Å². The monoisotopic (exact) mass is 221 g/mol. The van der Waals surface area contributed by atoms with E-state index >= 15 is 0 Å². The van der Waals surface area contributed by atoms with Gasteiger partial charge in [-0.05, 0) is 42.0 Å². The van der Waals surface area contributed by atoms with Crippen LogP contribution >= 0.6 is 0 Å². The van der Waals surface area contributed by atoms with Crippen molar-refractivity contribution < 1.29 is 4.39 Å². The molecule has 16 heavy (non-hydrogen) atoms. The van der Waals surface area contributed by atoms with E-state index in [0.717, 1.165) is 6.54 Å². The van der Waals surface area contributed by atoms with Gasteiger partial charge in [-0.15, -0.1) is 0 Å². The maximum atomic E-state index is 12.9. The number of benzene rings is 1. The second-order valence-corrected chi connectivity index (χ2v) is 5.39. The van der Waals surface area contributed by atoms with Gasteiger partial charge in [0.1, 0.15) is 5.82 Å². The van der Waals surface area contributed by atoms with Gasteiger partial charge < -0.3 is 5.32 Å². The number of hydrogen-bond donors (Lipinski definition) is 1. The Balaban J connectivity index is 2.17. The molecule has 1 aliphatic rings. The average molecular weight is 221 g/mol. The Bertz CT molecular complexity index is 356. The fraction of sp³-hybridized carbons (Fsp3) is 0.571. The van der Waals surface area contributed by atoms with E-state index in [2.05, 4.69) is 26.1 Å². The molecule has 2 heteroatoms. The van der Waals surface area contributed by atoms with E-state index in [-0.39, 0.29) is 5.82 Å². The van der Waals surface area contributed by atoms with Gasteiger partial charge in [-0.25, -0.2) is 4.39 Å². The lowest BCUT2D eigenvalue weighted by Crippen LogP contribution is -2.24. The summed E-state index contributed by atoms with van der Waals surface area (Å²) in [6, 6.07) is 7.28. The minimum atomic E-state index is -0.158. The van der Waals surface area contributed by atoms with Crippen molar-refractivity contribution >= 4 is 0 Å². The maximum absolute atomic E-state index is 12.9. The first kappa shape index (κ1) is 11.6. The van der Waals surface area contributed by atoms with Gasteiger partial charge in [-0.2, -0.15) is 0 Å². The van der Waals surface area contributed by atoms with Crippen LogP contribution in [0, 0.1) is 17.2 Å². The fourth-order valence-corrected chi connectivity index (χ4v) is 2.46. The second kappa shape index (κ2) is 4.17. The minimum Gasteiger partial charge on any atom is -0.310 e. The van der Waals surface area contributed by atoms with E-state index in [9.17, 15) is 4.39 Å². The molecular weight excluding hydrogens is 201 g/mol. The van der Waals surface area contributed by atoms with Crippen molar-refractivity contribution in [1.82, 2.24) is 5.32 Å². The molecule has 0 radical (unpaired) electrons. The molecule has 0 amide bonds. The highest BCUT2D eigenvalue weighted by Gasteiger charge is 2.50. The zero-order chi connectivity index (χ0) is 11.8. The third kappa shape index (κ3) is 2.27. The van der Waals surface area contributed by atoms with Crippen LogP contribution in [-0.2, 0) is 0 Å². The van der Waals surface area contributed by atoms with E-state index in [0.29, 0.717) is 17.4 Å². The van der Waals surface area contributed by atoms with Crippen molar-refractivity contribution in [3.05, 3.63) is 35.6 Å². The molecule has 1 saturated carbocycles. The minimum absolute atomic E-state index is 0.158. The molecular formula is C14H20FN. The van der Waals surface area contributed by atoms with Crippen LogP contribution in [0.5, 0.6) is 0 Å². The second-order valence-electron chi connectivity index (χ2n) is 5.39. The summed E-state index contributed by atoms with van der Waals surface area (Å²) >= 11 is 0. The van der Waals surface area contributed by atoms with Gasteiger partial charge in [0, 0.05) is 6.04 Å². The van der Waals surface area contributed by atoms with Crippen LogP contribution in [-0.4, -0.2) is 6.54 Å². The lowest BCUT2D eigenvalue weighted by molar-refractivity contribution is 0.423. The van der Waals surface area contributed by atoms with Gasteiger partial charge in [0.2, 0.25) is 0 Å². The molecule has 2 unspecified atom stereocenters. The molecule has 1 N–H and O–H groups in total. The summed E-state index contributed by atoms with van der Waals surface area (Å²) in [6.07, 6.45) is 1.25. The molecule has 1 fully saturated rings. The molecule has 0 aliphatic heterocycles. The van der Waals surface area contributed by atoms with Crippen LogP contribution in [0.1, 0.15) is 38.8 Å². The molecule has 2 rings (SSSR count). The van der Waals surface area contributed by atoms with Gasteiger partial charge in [-0.1, -0.05) is 32.9 Å². The van der Waals surface area contributed by atoms with Gasteiger partial charge >= 0.3 is 0 Å². The molecule has 0 aromatic heterocycles. The summed E-state index contributed by atoms with van der Waals surface area (Å²) in [5, 5.41) is 3.51. The summed E-state index contributed by atoms with van der Waals surface area (Å²) in [5.74, 6) is 0.520. The van der Waals surface area contributed by atoms with Gasteiger partial charge in [0.05, 0.1) is 0 Å². The molecule has 88 valence electrons. The molecule has 2 atom stereocenters. The molecule has 1 aliphatic carbocycles. The van der Waals surface area contributed by atoms with E-state index < -0.39 is 0 Å². The third-order valence-corrected chi connectivity index (χ3v) is 3.65. The van der Waals surface area contributed by atoms with Crippen LogP contribution in [0.15, 0.2) is 24.3 Å². The first-order chi connectivity index (χ1) is 7.54. The number of halogens is 1. The van der Waals surface area contributed by atoms with Gasteiger partial charge in [0.15, 0.2) is 0 Å². The molecule has 1 nitrogen and oxygen atoms in total. The Morgan fingerprint density at radius 3 is 2.38 bits per heavy atom. The van der Waals surface area contributed by atoms with Gasteiger partial charge in [-0.3, -0.25) is 0 Å². The van der Waals surface area contributed by atoms with E-state index in [4.69, 9.17) is 0 Å².